The van der Waals surface area contributed by atoms with Crippen molar-refractivity contribution in [3.8, 4) is 0 Å². The summed E-state index contributed by atoms with van der Waals surface area (Å²) in [4.78, 5) is 19.5. The number of nitrogens with zero attached hydrogens (tertiary/aromatic N) is 2. The lowest BCUT2D eigenvalue weighted by molar-refractivity contribution is 0.0394. The fraction of sp³-hybridized carbons (Fsp3) is 0.333. The molecule has 2 N–H and O–H groups in total. The van der Waals surface area contributed by atoms with Crippen molar-refractivity contribution in [2.75, 3.05) is 44.7 Å². The highest BCUT2D eigenvalue weighted by Crippen LogP contribution is 2.07. The van der Waals surface area contributed by atoms with Crippen LogP contribution in [0.5, 0.6) is 0 Å². The summed E-state index contributed by atoms with van der Waals surface area (Å²) in [5.41, 5.74) is 2.54. The standard InChI is InChI=1S/C21H26N4O2/c1-17-6-5-7-18(16-17)20(26)24-21(23-19-8-3-2-4-9-19)22-10-11-25-12-14-27-15-13-25/h2-9,16H,10-15H2,1H3,(H2,22,23,24,26). The number of anilines is 1. The number of aliphatic imine (C=N–C) groups is 1. The van der Waals surface area contributed by atoms with Gasteiger partial charge < -0.3 is 10.1 Å². The normalized spacial score (nSPS) is 15.4. The van der Waals surface area contributed by atoms with Crippen LogP contribution in [0.4, 0.5) is 5.69 Å². The molecule has 1 saturated heterocycles. The molecule has 2 aromatic rings. The summed E-state index contributed by atoms with van der Waals surface area (Å²) in [5, 5.41) is 6.11. The molecule has 1 aliphatic rings. The van der Waals surface area contributed by atoms with Gasteiger partial charge in [-0.3, -0.25) is 20.0 Å². The number of ether oxygens (including phenoxy) is 1. The van der Waals surface area contributed by atoms with Gasteiger partial charge in [-0.25, -0.2) is 0 Å². The number of benzene rings is 2. The number of para-hydroxylation sites is 1. The molecule has 142 valence electrons. The number of guanidine groups is 1. The minimum absolute atomic E-state index is 0.174. The summed E-state index contributed by atoms with van der Waals surface area (Å²) in [6, 6.07) is 17.2. The maximum absolute atomic E-state index is 12.6. The average molecular weight is 366 g/mol. The van der Waals surface area contributed by atoms with E-state index in [0.29, 0.717) is 18.1 Å². The van der Waals surface area contributed by atoms with Crippen LogP contribution in [0, 0.1) is 6.92 Å². The van der Waals surface area contributed by atoms with E-state index in [-0.39, 0.29) is 5.91 Å². The Balaban J connectivity index is 1.66. The monoisotopic (exact) mass is 366 g/mol. The van der Waals surface area contributed by atoms with E-state index in [1.165, 1.54) is 0 Å². The lowest BCUT2D eigenvalue weighted by Crippen LogP contribution is -2.39. The van der Waals surface area contributed by atoms with Crippen LogP contribution in [0.1, 0.15) is 15.9 Å². The molecule has 6 heteroatoms. The Hall–Kier alpha value is -2.70. The van der Waals surface area contributed by atoms with Crippen molar-refractivity contribution in [1.82, 2.24) is 10.2 Å². The molecule has 1 fully saturated rings. The fourth-order valence-electron chi connectivity index (χ4n) is 2.86. The Bertz CT molecular complexity index is 771. The van der Waals surface area contributed by atoms with Gasteiger partial charge in [0.05, 0.1) is 19.8 Å². The van der Waals surface area contributed by atoms with Gasteiger partial charge in [-0.1, -0.05) is 35.9 Å². The maximum atomic E-state index is 12.6. The molecule has 0 aliphatic carbocycles. The first-order valence-corrected chi connectivity index (χ1v) is 9.25. The van der Waals surface area contributed by atoms with Crippen molar-refractivity contribution >= 4 is 17.6 Å². The molecule has 1 aliphatic heterocycles. The predicted molar refractivity (Wildman–Crippen MR) is 108 cm³/mol. The first-order valence-electron chi connectivity index (χ1n) is 9.25. The summed E-state index contributed by atoms with van der Waals surface area (Å²) in [7, 11) is 0. The number of amides is 1. The van der Waals surface area contributed by atoms with Gasteiger partial charge in [0, 0.05) is 30.9 Å². The zero-order chi connectivity index (χ0) is 18.9. The Kier molecular flexibility index (Phi) is 6.96. The molecule has 1 amide bonds. The maximum Gasteiger partial charge on any atom is 0.257 e. The minimum Gasteiger partial charge on any atom is -0.379 e. The summed E-state index contributed by atoms with van der Waals surface area (Å²) in [6.07, 6.45) is 0. The SMILES string of the molecule is Cc1cccc(C(=O)NC(=NCCN2CCOCC2)Nc2ccccc2)c1. The zero-order valence-corrected chi connectivity index (χ0v) is 15.6. The molecular weight excluding hydrogens is 340 g/mol. The van der Waals surface area contributed by atoms with Crippen molar-refractivity contribution in [2.45, 2.75) is 6.92 Å². The molecule has 2 aromatic carbocycles. The van der Waals surface area contributed by atoms with Gasteiger partial charge in [0.25, 0.3) is 5.91 Å². The van der Waals surface area contributed by atoms with Gasteiger partial charge in [-0.05, 0) is 31.2 Å². The lowest BCUT2D eigenvalue weighted by Gasteiger charge is -2.25. The van der Waals surface area contributed by atoms with Gasteiger partial charge >= 0.3 is 0 Å². The largest absolute Gasteiger partial charge is 0.379 e. The van der Waals surface area contributed by atoms with E-state index < -0.39 is 0 Å². The second kappa shape index (κ2) is 9.85. The third-order valence-corrected chi connectivity index (χ3v) is 4.34. The van der Waals surface area contributed by atoms with E-state index in [4.69, 9.17) is 4.74 Å². The number of carbonyl (C=O) groups excluding carboxylic acids is 1. The number of hydrogen-bond donors (Lipinski definition) is 2. The topological polar surface area (TPSA) is 66.0 Å². The molecule has 3 rings (SSSR count). The number of morpholine rings is 1. The molecule has 0 saturated carbocycles. The number of nitrogens with one attached hydrogen (secondary N) is 2. The Morgan fingerprint density at radius 3 is 2.63 bits per heavy atom. The van der Waals surface area contributed by atoms with Gasteiger partial charge in [0.15, 0.2) is 0 Å². The summed E-state index contributed by atoms with van der Waals surface area (Å²) in [5.74, 6) is 0.285. The van der Waals surface area contributed by atoms with Crippen LogP contribution < -0.4 is 10.6 Å². The molecule has 0 atom stereocenters. The first-order chi connectivity index (χ1) is 13.2. The van der Waals surface area contributed by atoms with Crippen LogP contribution in [0.25, 0.3) is 0 Å². The fourth-order valence-corrected chi connectivity index (χ4v) is 2.86. The lowest BCUT2D eigenvalue weighted by atomic mass is 10.1. The minimum atomic E-state index is -0.174. The molecule has 0 radical (unpaired) electrons. The van der Waals surface area contributed by atoms with Crippen molar-refractivity contribution < 1.29 is 9.53 Å². The van der Waals surface area contributed by atoms with Crippen LogP contribution in [-0.2, 0) is 4.74 Å². The van der Waals surface area contributed by atoms with E-state index in [2.05, 4.69) is 20.5 Å². The molecule has 6 nitrogen and oxygen atoms in total. The first kappa shape index (κ1) is 19.1. The van der Waals surface area contributed by atoms with E-state index in [9.17, 15) is 4.79 Å². The second-order valence-electron chi connectivity index (χ2n) is 6.50. The van der Waals surface area contributed by atoms with E-state index >= 15 is 0 Å². The van der Waals surface area contributed by atoms with Gasteiger partial charge in [0.1, 0.15) is 0 Å². The smallest absolute Gasteiger partial charge is 0.257 e. The van der Waals surface area contributed by atoms with E-state index in [1.807, 2.05) is 55.5 Å². The van der Waals surface area contributed by atoms with Gasteiger partial charge in [0.2, 0.25) is 5.96 Å². The quantitative estimate of drug-likeness (QED) is 0.630. The molecule has 0 unspecified atom stereocenters. The Labute approximate surface area is 160 Å². The molecule has 0 aromatic heterocycles. The van der Waals surface area contributed by atoms with Crippen LogP contribution in [0.2, 0.25) is 0 Å². The molecule has 0 spiro atoms. The third kappa shape index (κ3) is 6.20. The third-order valence-electron chi connectivity index (χ3n) is 4.34. The number of aryl methyl sites for hydroxylation is 1. The van der Waals surface area contributed by atoms with E-state index in [0.717, 1.165) is 44.1 Å². The van der Waals surface area contributed by atoms with Crippen LogP contribution in [-0.4, -0.2) is 56.2 Å². The highest BCUT2D eigenvalue weighted by Gasteiger charge is 2.11. The van der Waals surface area contributed by atoms with Gasteiger partial charge in [-0.2, -0.15) is 0 Å². The van der Waals surface area contributed by atoms with Crippen molar-refractivity contribution in [1.29, 1.82) is 0 Å². The van der Waals surface area contributed by atoms with E-state index in [1.54, 1.807) is 6.07 Å². The molecule has 1 heterocycles. The molecular formula is C21H26N4O2. The van der Waals surface area contributed by atoms with Crippen molar-refractivity contribution in [3.63, 3.8) is 0 Å². The highest BCUT2D eigenvalue weighted by molar-refractivity contribution is 6.10. The van der Waals surface area contributed by atoms with Gasteiger partial charge in [-0.15, -0.1) is 0 Å². The Morgan fingerprint density at radius 1 is 1.11 bits per heavy atom. The summed E-state index contributed by atoms with van der Waals surface area (Å²) < 4.78 is 5.37. The second-order valence-corrected chi connectivity index (χ2v) is 6.50. The average Bonchev–Trinajstić information content (AvgIpc) is 2.69. The number of hydrogen-bond acceptors (Lipinski definition) is 4. The molecule has 0 bridgehead atoms. The molecule has 27 heavy (non-hydrogen) atoms. The van der Waals surface area contributed by atoms with Crippen LogP contribution >= 0.6 is 0 Å². The van der Waals surface area contributed by atoms with Crippen molar-refractivity contribution in [2.24, 2.45) is 4.99 Å². The van der Waals surface area contributed by atoms with Crippen LogP contribution in [0.3, 0.4) is 0 Å². The van der Waals surface area contributed by atoms with Crippen LogP contribution in [0.15, 0.2) is 59.6 Å². The Morgan fingerprint density at radius 2 is 1.89 bits per heavy atom. The summed E-state index contributed by atoms with van der Waals surface area (Å²) >= 11 is 0. The zero-order valence-electron chi connectivity index (χ0n) is 15.6. The van der Waals surface area contributed by atoms with Crippen molar-refractivity contribution in [3.05, 3.63) is 65.7 Å². The predicted octanol–water partition coefficient (Wildman–Crippen LogP) is 2.53. The highest BCUT2D eigenvalue weighted by atomic mass is 16.5. The summed E-state index contributed by atoms with van der Waals surface area (Å²) in [6.45, 7) is 6.79. The number of rotatable bonds is 5. The number of carbonyl (C=O) groups is 1.